The first-order valence-electron chi connectivity index (χ1n) is 18.7. The summed E-state index contributed by atoms with van der Waals surface area (Å²) in [5.74, 6) is 1.44. The van der Waals surface area contributed by atoms with Crippen LogP contribution in [0.3, 0.4) is 0 Å². The van der Waals surface area contributed by atoms with Crippen molar-refractivity contribution < 1.29 is 23.9 Å². The van der Waals surface area contributed by atoms with E-state index in [0.29, 0.717) is 13.1 Å². The van der Waals surface area contributed by atoms with Gasteiger partial charge in [0.25, 0.3) is 0 Å². The topological polar surface area (TPSA) is 154 Å². The van der Waals surface area contributed by atoms with Crippen molar-refractivity contribution in [1.29, 1.82) is 0 Å². The van der Waals surface area contributed by atoms with Crippen LogP contribution in [0.1, 0.15) is 78.0 Å². The normalized spacial score (nSPS) is 15.0. The van der Waals surface area contributed by atoms with Gasteiger partial charge in [0.2, 0.25) is 5.91 Å². The number of likely N-dealkylation sites (tertiary alicyclic amines) is 1. The average molecular weight is 734 g/mol. The van der Waals surface area contributed by atoms with Crippen LogP contribution < -0.4 is 10.6 Å². The standard InChI is InChI=1S/C42H51N7O5/c1-26(2)37(48-41(52)53-6)39(50)49-21-9-10-35(49)38-45-25-33(47-38)28-14-12-27(13-15-28)29-16-17-31-23-32(19-18-30(31)22-29)34-24-44-36(46-34)11-7-8-20-43-40(51)54-42(3,4)5/h12-19,22-26,35,37H,7-11,20-21H2,1-6H3,(H,43,51)(H,44,46)(H,45,47)(H,48,52)/t35-,37-/m0/s1. The van der Waals surface area contributed by atoms with Crippen LogP contribution in [0.25, 0.3) is 44.4 Å². The Morgan fingerprint density at radius 3 is 2.31 bits per heavy atom. The van der Waals surface area contributed by atoms with E-state index in [1.165, 1.54) is 7.11 Å². The fraction of sp³-hybridized carbons (Fsp3) is 0.405. The number of hydrogen-bond donors (Lipinski definition) is 4. The summed E-state index contributed by atoms with van der Waals surface area (Å²) in [6, 6.07) is 20.4. The zero-order valence-corrected chi connectivity index (χ0v) is 32.0. The number of H-pyrrole nitrogens is 2. The number of aryl methyl sites for hydroxylation is 1. The minimum Gasteiger partial charge on any atom is -0.453 e. The zero-order chi connectivity index (χ0) is 38.4. The zero-order valence-electron chi connectivity index (χ0n) is 32.0. The number of fused-ring (bicyclic) bond motifs is 1. The summed E-state index contributed by atoms with van der Waals surface area (Å²) in [7, 11) is 1.30. The lowest BCUT2D eigenvalue weighted by Gasteiger charge is -2.30. The molecule has 12 nitrogen and oxygen atoms in total. The lowest BCUT2D eigenvalue weighted by molar-refractivity contribution is -0.135. The van der Waals surface area contributed by atoms with Crippen molar-refractivity contribution in [3.05, 3.63) is 84.7 Å². The van der Waals surface area contributed by atoms with E-state index in [2.05, 4.69) is 86.2 Å². The molecule has 2 atom stereocenters. The second kappa shape index (κ2) is 16.6. The van der Waals surface area contributed by atoms with Gasteiger partial charge in [0, 0.05) is 31.3 Å². The number of imidazole rings is 2. The van der Waals surface area contributed by atoms with Crippen molar-refractivity contribution in [3.8, 4) is 33.6 Å². The van der Waals surface area contributed by atoms with E-state index in [4.69, 9.17) is 14.5 Å². The molecule has 2 aromatic heterocycles. The molecule has 0 bridgehead atoms. The number of benzene rings is 3. The van der Waals surface area contributed by atoms with Gasteiger partial charge in [0.1, 0.15) is 23.3 Å². The quantitative estimate of drug-likeness (QED) is 0.0943. The highest BCUT2D eigenvalue weighted by molar-refractivity contribution is 5.90. The number of nitrogens with one attached hydrogen (secondary N) is 4. The van der Waals surface area contributed by atoms with Gasteiger partial charge >= 0.3 is 12.2 Å². The third-order valence-corrected chi connectivity index (χ3v) is 9.64. The van der Waals surface area contributed by atoms with Gasteiger partial charge in [-0.2, -0.15) is 0 Å². The fourth-order valence-corrected chi connectivity index (χ4v) is 6.83. The van der Waals surface area contributed by atoms with Crippen molar-refractivity contribution in [2.45, 2.75) is 84.4 Å². The second-order valence-corrected chi connectivity index (χ2v) is 15.2. The molecule has 6 rings (SSSR count). The van der Waals surface area contributed by atoms with Crippen LogP contribution in [0, 0.1) is 5.92 Å². The van der Waals surface area contributed by atoms with Gasteiger partial charge in [-0.05, 0) is 92.0 Å². The van der Waals surface area contributed by atoms with Gasteiger partial charge < -0.3 is 35.0 Å². The van der Waals surface area contributed by atoms with Crippen LogP contribution in [0.4, 0.5) is 9.59 Å². The van der Waals surface area contributed by atoms with Crippen LogP contribution >= 0.6 is 0 Å². The summed E-state index contributed by atoms with van der Waals surface area (Å²) in [4.78, 5) is 55.4. The first-order chi connectivity index (χ1) is 25.9. The highest BCUT2D eigenvalue weighted by atomic mass is 16.6. The maximum absolute atomic E-state index is 13.5. The minimum absolute atomic E-state index is 0.0930. The van der Waals surface area contributed by atoms with Crippen LogP contribution in [0.5, 0.6) is 0 Å². The average Bonchev–Trinajstić information content (AvgIpc) is 3.94. The van der Waals surface area contributed by atoms with Gasteiger partial charge in [-0.15, -0.1) is 0 Å². The molecule has 54 heavy (non-hydrogen) atoms. The van der Waals surface area contributed by atoms with Gasteiger partial charge in [-0.1, -0.05) is 62.4 Å². The molecule has 1 fully saturated rings. The molecule has 3 heterocycles. The smallest absolute Gasteiger partial charge is 0.407 e. The van der Waals surface area contributed by atoms with Crippen molar-refractivity contribution >= 4 is 28.9 Å². The molecule has 0 saturated carbocycles. The van der Waals surface area contributed by atoms with Crippen LogP contribution in [0.2, 0.25) is 0 Å². The van der Waals surface area contributed by atoms with Gasteiger partial charge in [-0.25, -0.2) is 19.6 Å². The number of aromatic amines is 2. The van der Waals surface area contributed by atoms with Crippen molar-refractivity contribution in [3.63, 3.8) is 0 Å². The molecule has 1 aliphatic heterocycles. The van der Waals surface area contributed by atoms with Crippen LogP contribution in [-0.4, -0.2) is 74.8 Å². The Kier molecular flexibility index (Phi) is 11.7. The number of carbonyl (C=O) groups is 3. The van der Waals surface area contributed by atoms with E-state index in [0.717, 1.165) is 88.2 Å². The molecule has 12 heteroatoms. The van der Waals surface area contributed by atoms with E-state index in [1.54, 1.807) is 0 Å². The molecule has 284 valence electrons. The first kappa shape index (κ1) is 38.1. The Balaban J connectivity index is 1.06. The SMILES string of the molecule is COC(=O)N[C@H](C(=O)N1CCC[C@H]1c1ncc(-c2ccc(-c3ccc4cc(-c5c[nH]c(CCCCNC(=O)OC(C)(C)C)n5)ccc4c3)cc2)[nH]1)C(C)C. The Morgan fingerprint density at radius 2 is 1.61 bits per heavy atom. The number of aromatic nitrogens is 4. The molecule has 1 saturated heterocycles. The molecule has 4 N–H and O–H groups in total. The summed E-state index contributed by atoms with van der Waals surface area (Å²) in [6.45, 7) is 10.5. The molecule has 3 amide bonds. The second-order valence-electron chi connectivity index (χ2n) is 15.2. The van der Waals surface area contributed by atoms with Gasteiger partial charge in [0.05, 0.1) is 30.7 Å². The monoisotopic (exact) mass is 733 g/mol. The van der Waals surface area contributed by atoms with E-state index in [9.17, 15) is 14.4 Å². The predicted octanol–water partition coefficient (Wildman–Crippen LogP) is 8.18. The van der Waals surface area contributed by atoms with Crippen LogP contribution in [-0.2, 0) is 20.7 Å². The Bertz CT molecular complexity index is 2080. The number of carbonyl (C=O) groups excluding carboxylic acids is 3. The lowest BCUT2D eigenvalue weighted by atomic mass is 9.98. The maximum Gasteiger partial charge on any atom is 0.407 e. The van der Waals surface area contributed by atoms with Gasteiger partial charge in [0.15, 0.2) is 0 Å². The first-order valence-corrected chi connectivity index (χ1v) is 18.7. The highest BCUT2D eigenvalue weighted by Crippen LogP contribution is 2.34. The number of nitrogens with zero attached hydrogens (tertiary/aromatic N) is 3. The Hall–Kier alpha value is -5.65. The number of methoxy groups -OCH3 is 1. The summed E-state index contributed by atoms with van der Waals surface area (Å²) in [6.07, 6.45) is 6.95. The van der Waals surface area contributed by atoms with Crippen molar-refractivity contribution in [1.82, 2.24) is 35.5 Å². The predicted molar refractivity (Wildman–Crippen MR) is 210 cm³/mol. The molecule has 5 aromatic rings. The Morgan fingerprint density at radius 1 is 0.926 bits per heavy atom. The van der Waals surface area contributed by atoms with E-state index in [1.807, 2.05) is 51.9 Å². The minimum atomic E-state index is -0.675. The third kappa shape index (κ3) is 9.28. The summed E-state index contributed by atoms with van der Waals surface area (Å²) in [5, 5.41) is 7.78. The summed E-state index contributed by atoms with van der Waals surface area (Å²) >= 11 is 0. The van der Waals surface area contributed by atoms with Crippen LogP contribution in [0.15, 0.2) is 73.1 Å². The molecule has 0 spiro atoms. The summed E-state index contributed by atoms with van der Waals surface area (Å²) in [5.41, 5.74) is 5.56. The molecule has 0 aliphatic carbocycles. The van der Waals surface area contributed by atoms with E-state index < -0.39 is 17.7 Å². The maximum atomic E-state index is 13.5. The molecular weight excluding hydrogens is 683 g/mol. The molecule has 1 aliphatic rings. The van der Waals surface area contributed by atoms with E-state index in [-0.39, 0.29) is 24.0 Å². The number of rotatable bonds is 12. The van der Waals surface area contributed by atoms with E-state index >= 15 is 0 Å². The number of alkyl carbamates (subject to hydrolysis) is 2. The van der Waals surface area contributed by atoms with Gasteiger partial charge in [-0.3, -0.25) is 4.79 Å². The molecule has 0 unspecified atom stereocenters. The third-order valence-electron chi connectivity index (χ3n) is 9.64. The van der Waals surface area contributed by atoms with Crippen molar-refractivity contribution in [2.75, 3.05) is 20.2 Å². The highest BCUT2D eigenvalue weighted by Gasteiger charge is 2.37. The fourth-order valence-electron chi connectivity index (χ4n) is 6.83. The molecular formula is C42H51N7O5. The molecule has 0 radical (unpaired) electrons. The number of ether oxygens (including phenoxy) is 2. The number of amides is 3. The largest absolute Gasteiger partial charge is 0.453 e. The lowest BCUT2D eigenvalue weighted by Crippen LogP contribution is -2.51. The number of hydrogen-bond acceptors (Lipinski definition) is 7. The summed E-state index contributed by atoms with van der Waals surface area (Å²) < 4.78 is 10.0. The Labute approximate surface area is 316 Å². The number of unbranched alkanes of at least 4 members (excludes halogenated alkanes) is 1. The molecule has 3 aromatic carbocycles. The van der Waals surface area contributed by atoms with Crippen molar-refractivity contribution in [2.24, 2.45) is 5.92 Å².